The highest BCUT2D eigenvalue weighted by molar-refractivity contribution is 6.01. The van der Waals surface area contributed by atoms with Crippen molar-refractivity contribution >= 4 is 5.78 Å². The predicted octanol–water partition coefficient (Wildman–Crippen LogP) is 6.37. The second-order valence-corrected chi connectivity index (χ2v) is 13.5. The lowest BCUT2D eigenvalue weighted by molar-refractivity contribution is -0.385. The van der Waals surface area contributed by atoms with Crippen LogP contribution in [-0.2, 0) is 19.0 Å². The summed E-state index contributed by atoms with van der Waals surface area (Å²) in [5, 5.41) is 0. The number of fused-ring (bicyclic) bond motifs is 7. The number of carbonyl (C=O) groups is 1. The fourth-order valence-electron chi connectivity index (χ4n) is 9.27. The minimum atomic E-state index is -0.944. The van der Waals surface area contributed by atoms with Crippen LogP contribution in [0.1, 0.15) is 80.6 Å². The second-order valence-electron chi connectivity index (χ2n) is 13.5. The lowest BCUT2D eigenvalue weighted by Gasteiger charge is -2.56. The molecule has 4 aliphatic carbocycles. The number of hydrogen-bond acceptors (Lipinski definition) is 4. The quantitative estimate of drug-likeness (QED) is 0.474. The molecule has 4 heteroatoms. The zero-order chi connectivity index (χ0) is 24.3. The van der Waals surface area contributed by atoms with Crippen LogP contribution in [-0.4, -0.2) is 29.1 Å². The van der Waals surface area contributed by atoms with E-state index in [-0.39, 0.29) is 28.5 Å². The SMILES string of the molecule is C[C@@H]([C@H]1CC[C@H]2[C@@H]3C=CC4=CC(=O)C=C[C@]4(C)[C@H]3CC[C@]12C)[C@H]1C[C@@]2(C)O[C@@](C)(O1)OC2(C)C. The maximum Gasteiger partial charge on any atom is 0.281 e. The number of hydrogen-bond donors (Lipinski definition) is 0. The molecule has 2 bridgehead atoms. The molecular formula is C30H42O4. The Hall–Kier alpha value is -1.23. The van der Waals surface area contributed by atoms with E-state index in [1.807, 2.05) is 13.0 Å². The lowest BCUT2D eigenvalue weighted by Crippen LogP contribution is -2.54. The summed E-state index contributed by atoms with van der Waals surface area (Å²) in [5.74, 6) is 2.14. The third kappa shape index (κ3) is 2.97. The van der Waals surface area contributed by atoms with Crippen LogP contribution in [0.3, 0.4) is 0 Å². The lowest BCUT2D eigenvalue weighted by atomic mass is 9.49. The predicted molar refractivity (Wildman–Crippen MR) is 132 cm³/mol. The smallest absolute Gasteiger partial charge is 0.281 e. The Balaban J connectivity index is 1.27. The van der Waals surface area contributed by atoms with Crippen LogP contribution >= 0.6 is 0 Å². The highest BCUT2D eigenvalue weighted by atomic mass is 16.9. The number of rotatable bonds is 2. The average molecular weight is 467 g/mol. The molecule has 6 rings (SSSR count). The van der Waals surface area contributed by atoms with E-state index in [9.17, 15) is 4.79 Å². The van der Waals surface area contributed by atoms with Crippen LogP contribution in [0, 0.1) is 40.4 Å². The second kappa shape index (κ2) is 6.95. The molecule has 0 unspecified atom stereocenters. The first kappa shape index (κ1) is 23.2. The molecular weight excluding hydrogens is 424 g/mol. The third-order valence-corrected chi connectivity index (χ3v) is 11.5. The Morgan fingerprint density at radius 1 is 0.971 bits per heavy atom. The van der Waals surface area contributed by atoms with Crippen molar-refractivity contribution < 1.29 is 19.0 Å². The molecule has 0 aromatic rings. The number of allylic oxidation sites excluding steroid dienone is 6. The van der Waals surface area contributed by atoms with Gasteiger partial charge >= 0.3 is 0 Å². The van der Waals surface area contributed by atoms with Gasteiger partial charge in [-0.2, -0.15) is 0 Å². The van der Waals surface area contributed by atoms with Crippen LogP contribution in [0.2, 0.25) is 0 Å². The Labute approximate surface area is 205 Å². The summed E-state index contributed by atoms with van der Waals surface area (Å²) in [6, 6.07) is 0. The maximum atomic E-state index is 12.0. The van der Waals surface area contributed by atoms with Crippen molar-refractivity contribution in [3.8, 4) is 0 Å². The first-order valence-electron chi connectivity index (χ1n) is 13.5. The van der Waals surface area contributed by atoms with E-state index in [1.54, 1.807) is 6.08 Å². The summed E-state index contributed by atoms with van der Waals surface area (Å²) in [6.07, 6.45) is 16.7. The van der Waals surface area contributed by atoms with Crippen molar-refractivity contribution in [2.24, 2.45) is 40.4 Å². The molecule has 6 aliphatic rings. The van der Waals surface area contributed by atoms with Gasteiger partial charge < -0.3 is 14.2 Å². The van der Waals surface area contributed by atoms with E-state index in [1.165, 1.54) is 31.3 Å². The topological polar surface area (TPSA) is 44.8 Å². The summed E-state index contributed by atoms with van der Waals surface area (Å²) in [4.78, 5) is 12.0. The fraction of sp³-hybridized carbons (Fsp3) is 0.767. The van der Waals surface area contributed by atoms with Crippen LogP contribution in [0.4, 0.5) is 0 Å². The van der Waals surface area contributed by atoms with Crippen molar-refractivity contribution in [2.45, 2.75) is 104 Å². The standard InChI is InChI=1S/C30H42O4/c1-18(25-17-29(6)26(2,3)33-30(7,32-25)34-29)22-10-11-23-21-9-8-19-16-20(31)12-14-27(19,4)24(21)13-15-28(22,23)5/h8-9,12,14,16,18,21-25H,10-11,13,15,17H2,1-7H3/t18-,21-,22+,23-,24-,25+,27-,28+,29+,30-/m0/s1. The van der Waals surface area contributed by atoms with Crippen molar-refractivity contribution in [3.63, 3.8) is 0 Å². The summed E-state index contributed by atoms with van der Waals surface area (Å²) in [5.41, 5.74) is 0.828. The Bertz CT molecular complexity index is 1000. The number of ether oxygens (including phenoxy) is 3. The molecule has 0 aromatic carbocycles. The summed E-state index contributed by atoms with van der Waals surface area (Å²) < 4.78 is 19.2. The fourth-order valence-corrected chi connectivity index (χ4v) is 9.27. The van der Waals surface area contributed by atoms with Crippen LogP contribution in [0.15, 0.2) is 36.0 Å². The van der Waals surface area contributed by atoms with Crippen LogP contribution in [0.25, 0.3) is 0 Å². The normalized spacial score (nSPS) is 53.7. The van der Waals surface area contributed by atoms with Crippen molar-refractivity contribution in [2.75, 3.05) is 0 Å². The monoisotopic (exact) mass is 466 g/mol. The van der Waals surface area contributed by atoms with E-state index in [0.29, 0.717) is 35.0 Å². The van der Waals surface area contributed by atoms with Gasteiger partial charge in [0, 0.05) is 18.8 Å². The van der Waals surface area contributed by atoms with Gasteiger partial charge in [-0.3, -0.25) is 4.79 Å². The van der Waals surface area contributed by atoms with Gasteiger partial charge in [0.25, 0.3) is 5.97 Å². The molecule has 34 heavy (non-hydrogen) atoms. The zero-order valence-corrected chi connectivity index (χ0v) is 22.0. The van der Waals surface area contributed by atoms with Crippen molar-refractivity contribution in [1.82, 2.24) is 0 Å². The van der Waals surface area contributed by atoms with Gasteiger partial charge in [-0.25, -0.2) is 0 Å². The Morgan fingerprint density at radius 2 is 1.74 bits per heavy atom. The first-order valence-corrected chi connectivity index (χ1v) is 13.5. The zero-order valence-electron chi connectivity index (χ0n) is 22.0. The highest BCUT2D eigenvalue weighted by Gasteiger charge is 2.65. The van der Waals surface area contributed by atoms with Gasteiger partial charge in [-0.15, -0.1) is 0 Å². The highest BCUT2D eigenvalue weighted by Crippen LogP contribution is 2.66. The van der Waals surface area contributed by atoms with Gasteiger partial charge in [0.1, 0.15) is 5.60 Å². The summed E-state index contributed by atoms with van der Waals surface area (Å²) in [7, 11) is 0. The van der Waals surface area contributed by atoms with Crippen molar-refractivity contribution in [3.05, 3.63) is 36.0 Å². The van der Waals surface area contributed by atoms with Gasteiger partial charge in [-0.1, -0.05) is 39.0 Å². The van der Waals surface area contributed by atoms with Gasteiger partial charge in [0.05, 0.1) is 11.7 Å². The molecule has 0 N–H and O–H groups in total. The number of ketones is 1. The molecule has 2 saturated carbocycles. The van der Waals surface area contributed by atoms with E-state index in [0.717, 1.165) is 6.42 Å². The molecule has 186 valence electrons. The van der Waals surface area contributed by atoms with E-state index < -0.39 is 5.97 Å². The average Bonchev–Trinajstić information content (AvgIpc) is 3.15. The van der Waals surface area contributed by atoms with Gasteiger partial charge in [0.15, 0.2) is 5.78 Å². The molecule has 0 radical (unpaired) electrons. The Kier molecular flexibility index (Phi) is 4.74. The van der Waals surface area contributed by atoms with Crippen molar-refractivity contribution in [1.29, 1.82) is 0 Å². The Morgan fingerprint density at radius 3 is 2.47 bits per heavy atom. The largest absolute Gasteiger partial charge is 0.324 e. The molecule has 2 saturated heterocycles. The molecule has 0 amide bonds. The minimum Gasteiger partial charge on any atom is -0.324 e. The summed E-state index contributed by atoms with van der Waals surface area (Å²) in [6.45, 7) is 15.8. The molecule has 2 aliphatic heterocycles. The van der Waals surface area contributed by atoms with Gasteiger partial charge in [0.2, 0.25) is 0 Å². The van der Waals surface area contributed by atoms with Crippen LogP contribution < -0.4 is 0 Å². The van der Waals surface area contributed by atoms with Gasteiger partial charge in [-0.05, 0) is 99.2 Å². The van der Waals surface area contributed by atoms with E-state index in [2.05, 4.69) is 59.8 Å². The molecule has 4 fully saturated rings. The first-order chi connectivity index (χ1) is 15.8. The van der Waals surface area contributed by atoms with E-state index >= 15 is 0 Å². The molecule has 4 nitrogen and oxygen atoms in total. The molecule has 0 spiro atoms. The summed E-state index contributed by atoms with van der Waals surface area (Å²) >= 11 is 0. The number of carbonyl (C=O) groups excluding carboxylic acids is 1. The maximum absolute atomic E-state index is 12.0. The molecule has 10 atom stereocenters. The third-order valence-electron chi connectivity index (χ3n) is 11.5. The molecule has 2 heterocycles. The van der Waals surface area contributed by atoms with E-state index in [4.69, 9.17) is 14.2 Å². The van der Waals surface area contributed by atoms with Crippen LogP contribution in [0.5, 0.6) is 0 Å². The molecule has 0 aromatic heterocycles. The minimum absolute atomic E-state index is 0.00647.